The van der Waals surface area contributed by atoms with Gasteiger partial charge in [-0.2, -0.15) is 18.4 Å². The number of pyridine rings is 1. The summed E-state index contributed by atoms with van der Waals surface area (Å²) in [5, 5.41) is 10.4. The molecule has 1 saturated heterocycles. The Morgan fingerprint density at radius 2 is 1.89 bits per heavy atom. The molecule has 3 rings (SSSR count). The minimum Gasteiger partial charge on any atom is -0.493 e. The van der Waals surface area contributed by atoms with Crippen LogP contribution in [0.1, 0.15) is 45.6 Å². The molecule has 0 aliphatic carbocycles. The first-order chi connectivity index (χ1) is 17.3. The number of nitriles is 1. The number of carbonyl (C=O) groups excluding carboxylic acids is 1. The Balaban J connectivity index is 1.79. The first kappa shape index (κ1) is 28.2. The van der Waals surface area contributed by atoms with E-state index in [1.165, 1.54) is 20.4 Å². The highest BCUT2D eigenvalue weighted by Crippen LogP contribution is 2.39. The molecular formula is C24H32FN5O6S. The summed E-state index contributed by atoms with van der Waals surface area (Å²) in [5.41, 5.74) is -1.24. The standard InChI is InChI=1S/C24H32FN5O6S/c1-23(2,3)36-22(31)29-37(32,33)28-15-24(25)7-6-9-30(10-8-24)21-16(13-26)14-27-18-12-20(35-5)19(34-4)11-17(18)21/h11-12,14,28H,6-10,15H2,1-5H3,(H,29,31). The van der Waals surface area contributed by atoms with E-state index in [-0.39, 0.29) is 19.4 Å². The Bertz CT molecular complexity index is 1310. The highest BCUT2D eigenvalue weighted by Gasteiger charge is 2.35. The SMILES string of the molecule is COc1cc2ncc(C#N)c(N3CCCC(F)(CNS(=O)(=O)NC(=O)OC(C)(C)C)CC3)c2cc1OC. The second-order valence-corrected chi connectivity index (χ2v) is 11.3. The maximum atomic E-state index is 15.8. The van der Waals surface area contributed by atoms with E-state index in [4.69, 9.17) is 14.2 Å². The number of hydrogen-bond donors (Lipinski definition) is 2. The molecule has 202 valence electrons. The summed E-state index contributed by atoms with van der Waals surface area (Å²) in [5.74, 6) is 0.957. The van der Waals surface area contributed by atoms with Gasteiger partial charge in [0.1, 0.15) is 17.3 Å². The summed E-state index contributed by atoms with van der Waals surface area (Å²) < 4.78 is 59.9. The summed E-state index contributed by atoms with van der Waals surface area (Å²) in [6.45, 7) is 4.92. The first-order valence-corrected chi connectivity index (χ1v) is 13.2. The molecule has 1 atom stereocenters. The molecule has 0 bridgehead atoms. The van der Waals surface area contributed by atoms with Crippen molar-refractivity contribution in [2.45, 2.75) is 51.3 Å². The zero-order valence-corrected chi connectivity index (χ0v) is 22.4. The van der Waals surface area contributed by atoms with E-state index in [2.05, 4.69) is 15.8 Å². The molecule has 0 spiro atoms. The molecule has 2 heterocycles. The van der Waals surface area contributed by atoms with Crippen molar-refractivity contribution >= 4 is 32.9 Å². The maximum absolute atomic E-state index is 15.8. The second kappa shape index (κ2) is 10.9. The predicted molar refractivity (Wildman–Crippen MR) is 136 cm³/mol. The lowest BCUT2D eigenvalue weighted by atomic mass is 9.97. The number of halogens is 1. The lowest BCUT2D eigenvalue weighted by Crippen LogP contribution is -2.47. The highest BCUT2D eigenvalue weighted by molar-refractivity contribution is 7.88. The van der Waals surface area contributed by atoms with Crippen LogP contribution in [0.3, 0.4) is 0 Å². The number of amides is 1. The van der Waals surface area contributed by atoms with E-state index in [0.717, 1.165) is 0 Å². The topological polar surface area (TPSA) is 143 Å². The smallest absolute Gasteiger partial charge is 0.422 e. The number of benzene rings is 1. The zero-order valence-electron chi connectivity index (χ0n) is 21.6. The first-order valence-electron chi connectivity index (χ1n) is 11.7. The van der Waals surface area contributed by atoms with Gasteiger partial charge in [-0.05, 0) is 39.7 Å². The summed E-state index contributed by atoms with van der Waals surface area (Å²) in [7, 11) is -1.31. The number of hydrogen-bond acceptors (Lipinski definition) is 9. The minimum absolute atomic E-state index is 0.00999. The van der Waals surface area contributed by atoms with Gasteiger partial charge < -0.3 is 19.1 Å². The molecule has 11 nitrogen and oxygen atoms in total. The number of fused-ring (bicyclic) bond motifs is 1. The van der Waals surface area contributed by atoms with Crippen molar-refractivity contribution < 1.29 is 31.8 Å². The fraction of sp³-hybridized carbons (Fsp3) is 0.542. The molecule has 13 heteroatoms. The largest absolute Gasteiger partial charge is 0.493 e. The van der Waals surface area contributed by atoms with Crippen LogP contribution in [0.25, 0.3) is 10.9 Å². The number of aromatic nitrogens is 1. The molecular weight excluding hydrogens is 505 g/mol. The van der Waals surface area contributed by atoms with Crippen molar-refractivity contribution in [3.05, 3.63) is 23.9 Å². The van der Waals surface area contributed by atoms with Crippen molar-refractivity contribution in [2.75, 3.05) is 38.8 Å². The second-order valence-electron chi connectivity index (χ2n) is 9.78. The van der Waals surface area contributed by atoms with Crippen molar-refractivity contribution in [3.8, 4) is 17.6 Å². The van der Waals surface area contributed by atoms with Crippen molar-refractivity contribution in [2.24, 2.45) is 0 Å². The van der Waals surface area contributed by atoms with Crippen molar-refractivity contribution in [1.82, 2.24) is 14.4 Å². The van der Waals surface area contributed by atoms with Gasteiger partial charge in [0.05, 0.1) is 31.0 Å². The Kier molecular flexibility index (Phi) is 8.34. The van der Waals surface area contributed by atoms with E-state index in [1.807, 2.05) is 4.90 Å². The number of ether oxygens (including phenoxy) is 3. The molecule has 1 aromatic carbocycles. The monoisotopic (exact) mass is 537 g/mol. The number of alkyl halides is 1. The summed E-state index contributed by atoms with van der Waals surface area (Å²) >= 11 is 0. The molecule has 1 aliphatic heterocycles. The lowest BCUT2D eigenvalue weighted by molar-refractivity contribution is 0.0568. The van der Waals surface area contributed by atoms with Crippen molar-refractivity contribution in [3.63, 3.8) is 0 Å². The van der Waals surface area contributed by atoms with Gasteiger partial charge in [-0.1, -0.05) is 0 Å². The number of nitrogens with one attached hydrogen (secondary N) is 2. The fourth-order valence-electron chi connectivity index (χ4n) is 4.16. The van der Waals surface area contributed by atoms with E-state index in [1.54, 1.807) is 37.6 Å². The Morgan fingerprint density at radius 1 is 1.22 bits per heavy atom. The van der Waals surface area contributed by atoms with Gasteiger partial charge in [0.25, 0.3) is 0 Å². The van der Waals surface area contributed by atoms with Crippen LogP contribution in [0.4, 0.5) is 14.9 Å². The molecule has 1 amide bonds. The summed E-state index contributed by atoms with van der Waals surface area (Å²) in [6.07, 6.45) is 0.790. The number of methoxy groups -OCH3 is 2. The van der Waals surface area contributed by atoms with Crippen LogP contribution < -0.4 is 23.8 Å². The average Bonchev–Trinajstić information content (AvgIpc) is 3.01. The molecule has 2 N–H and O–H groups in total. The highest BCUT2D eigenvalue weighted by atomic mass is 32.2. The van der Waals surface area contributed by atoms with Crippen LogP contribution in [0.5, 0.6) is 11.5 Å². The molecule has 0 radical (unpaired) electrons. The fourth-order valence-corrected chi connectivity index (χ4v) is 4.94. The number of anilines is 1. The normalized spacial score (nSPS) is 18.6. The van der Waals surface area contributed by atoms with Crippen LogP contribution in [-0.4, -0.2) is 64.6 Å². The Hall–Kier alpha value is -3.37. The third kappa shape index (κ3) is 7.11. The average molecular weight is 538 g/mol. The molecule has 2 aromatic rings. The van der Waals surface area contributed by atoms with Crippen LogP contribution in [0.2, 0.25) is 0 Å². The molecule has 37 heavy (non-hydrogen) atoms. The minimum atomic E-state index is -4.33. The third-order valence-corrected chi connectivity index (χ3v) is 6.82. The number of rotatable bonds is 7. The van der Waals surface area contributed by atoms with Crippen LogP contribution in [0.15, 0.2) is 18.3 Å². The van der Waals surface area contributed by atoms with Gasteiger partial charge in [-0.3, -0.25) is 4.98 Å². The molecule has 1 aliphatic rings. The summed E-state index contributed by atoms with van der Waals surface area (Å²) in [4.78, 5) is 18.1. The molecule has 1 fully saturated rings. The molecule has 0 saturated carbocycles. The van der Waals surface area contributed by atoms with Gasteiger partial charge in [0.2, 0.25) is 0 Å². The number of nitrogens with zero attached hydrogens (tertiary/aromatic N) is 3. The maximum Gasteiger partial charge on any atom is 0.422 e. The van der Waals surface area contributed by atoms with Crippen molar-refractivity contribution in [1.29, 1.82) is 5.26 Å². The van der Waals surface area contributed by atoms with Crippen LogP contribution in [-0.2, 0) is 14.9 Å². The van der Waals surface area contributed by atoms with Gasteiger partial charge >= 0.3 is 16.3 Å². The van der Waals surface area contributed by atoms with E-state index in [0.29, 0.717) is 46.6 Å². The Morgan fingerprint density at radius 3 is 2.51 bits per heavy atom. The van der Waals surface area contributed by atoms with Gasteiger partial charge in [-0.25, -0.2) is 13.9 Å². The number of carbonyl (C=O) groups is 1. The molecule has 1 aromatic heterocycles. The van der Waals surface area contributed by atoms with E-state index in [9.17, 15) is 18.5 Å². The van der Waals surface area contributed by atoms with Crippen LogP contribution in [0, 0.1) is 11.3 Å². The van der Waals surface area contributed by atoms with E-state index >= 15 is 4.39 Å². The Labute approximate surface area is 216 Å². The molecule has 1 unspecified atom stereocenters. The third-order valence-electron chi connectivity index (χ3n) is 5.86. The van der Waals surface area contributed by atoms with Gasteiger partial charge in [0, 0.05) is 43.7 Å². The van der Waals surface area contributed by atoms with Crippen LogP contribution >= 0.6 is 0 Å². The van der Waals surface area contributed by atoms with E-state index < -0.39 is 34.1 Å². The summed E-state index contributed by atoms with van der Waals surface area (Å²) in [6, 6.07) is 5.61. The predicted octanol–water partition coefficient (Wildman–Crippen LogP) is 3.18. The lowest BCUT2D eigenvalue weighted by Gasteiger charge is -2.27. The van der Waals surface area contributed by atoms with Gasteiger partial charge in [0.15, 0.2) is 11.5 Å². The zero-order chi connectivity index (χ0) is 27.4. The van der Waals surface area contributed by atoms with Gasteiger partial charge in [-0.15, -0.1) is 0 Å². The quantitative estimate of drug-likeness (QED) is 0.544.